The van der Waals surface area contributed by atoms with Crippen LogP contribution in [0.2, 0.25) is 0 Å². The number of rotatable bonds is 3. The van der Waals surface area contributed by atoms with Gasteiger partial charge in [0.15, 0.2) is 22.7 Å². The number of aromatic hydroxyl groups is 4. The highest BCUT2D eigenvalue weighted by Crippen LogP contribution is 2.40. The lowest BCUT2D eigenvalue weighted by Crippen LogP contribution is -2.54. The standard InChI is InChI=1S/C20H18O11/c21-9-3-8(30-20-19(28)18(27)13(25)6-29-20)4-15-16(9)10(22)5-14(31-15)7-1-11(23)17(26)12(24)2-7/h1-5,13,18-21,23-28H,6H2/t13-,18+,19-,20+/m1/s1. The third-order valence-corrected chi connectivity index (χ3v) is 4.84. The maximum atomic E-state index is 12.5. The summed E-state index contributed by atoms with van der Waals surface area (Å²) in [5.74, 6) is -2.67. The Morgan fingerprint density at radius 1 is 0.871 bits per heavy atom. The van der Waals surface area contributed by atoms with Gasteiger partial charge >= 0.3 is 0 Å². The number of phenolic OH excluding ortho intramolecular Hbond substituents is 4. The van der Waals surface area contributed by atoms with Gasteiger partial charge in [-0.15, -0.1) is 0 Å². The minimum absolute atomic E-state index is 0.0701. The van der Waals surface area contributed by atoms with Crippen molar-refractivity contribution in [3.63, 3.8) is 0 Å². The number of phenols is 4. The van der Waals surface area contributed by atoms with Crippen LogP contribution < -0.4 is 10.2 Å². The average molecular weight is 434 g/mol. The topological polar surface area (TPSA) is 190 Å². The van der Waals surface area contributed by atoms with Gasteiger partial charge in [0.2, 0.25) is 6.29 Å². The van der Waals surface area contributed by atoms with E-state index in [0.717, 1.165) is 24.3 Å². The molecule has 164 valence electrons. The Morgan fingerprint density at radius 2 is 1.55 bits per heavy atom. The molecular weight excluding hydrogens is 416 g/mol. The van der Waals surface area contributed by atoms with Crippen LogP contribution in [0.5, 0.6) is 28.7 Å². The van der Waals surface area contributed by atoms with Crippen LogP contribution in [0.4, 0.5) is 0 Å². The first-order chi connectivity index (χ1) is 14.7. The summed E-state index contributed by atoms with van der Waals surface area (Å²) in [6, 6.07) is 5.48. The summed E-state index contributed by atoms with van der Waals surface area (Å²) in [5.41, 5.74) is -0.698. The molecule has 0 saturated carbocycles. The van der Waals surface area contributed by atoms with Crippen LogP contribution in [0.15, 0.2) is 39.5 Å². The Bertz CT molecular complexity index is 1180. The number of benzene rings is 2. The molecule has 0 bridgehead atoms. The minimum Gasteiger partial charge on any atom is -0.507 e. The molecule has 1 aliphatic heterocycles. The van der Waals surface area contributed by atoms with Crippen LogP contribution in [-0.2, 0) is 4.74 Å². The molecule has 4 rings (SSSR count). The van der Waals surface area contributed by atoms with E-state index in [1.807, 2.05) is 0 Å². The molecule has 3 aromatic rings. The van der Waals surface area contributed by atoms with Crippen LogP contribution >= 0.6 is 0 Å². The predicted octanol–water partition coefficient (Wildman–Crippen LogP) is 0.100. The highest BCUT2D eigenvalue weighted by molar-refractivity contribution is 5.86. The quantitative estimate of drug-likeness (QED) is 0.277. The van der Waals surface area contributed by atoms with Crippen molar-refractivity contribution in [2.45, 2.75) is 24.6 Å². The lowest BCUT2D eigenvalue weighted by atomic mass is 10.1. The van der Waals surface area contributed by atoms with Crippen LogP contribution in [0, 0.1) is 0 Å². The maximum Gasteiger partial charge on any atom is 0.228 e. The molecule has 0 radical (unpaired) electrons. The zero-order chi connectivity index (χ0) is 22.4. The van der Waals surface area contributed by atoms with E-state index in [1.165, 1.54) is 6.07 Å². The molecule has 2 heterocycles. The van der Waals surface area contributed by atoms with Gasteiger partial charge in [0, 0.05) is 23.8 Å². The van der Waals surface area contributed by atoms with Crippen molar-refractivity contribution in [2.75, 3.05) is 6.61 Å². The van der Waals surface area contributed by atoms with E-state index in [-0.39, 0.29) is 34.6 Å². The van der Waals surface area contributed by atoms with Gasteiger partial charge in [-0.25, -0.2) is 0 Å². The molecule has 1 fully saturated rings. The van der Waals surface area contributed by atoms with Crippen LogP contribution in [0.25, 0.3) is 22.3 Å². The third kappa shape index (κ3) is 3.70. The zero-order valence-corrected chi connectivity index (χ0v) is 15.7. The summed E-state index contributed by atoms with van der Waals surface area (Å²) in [4.78, 5) is 12.5. The molecule has 2 aromatic carbocycles. The fraction of sp³-hybridized carbons (Fsp3) is 0.250. The Labute approximate surface area is 173 Å². The van der Waals surface area contributed by atoms with Gasteiger partial charge in [-0.05, 0) is 12.1 Å². The Hall–Kier alpha value is -3.51. The number of ether oxygens (including phenoxy) is 2. The van der Waals surface area contributed by atoms with Crippen molar-refractivity contribution in [1.29, 1.82) is 0 Å². The van der Waals surface area contributed by atoms with E-state index in [9.17, 15) is 40.5 Å². The molecule has 11 nitrogen and oxygen atoms in total. The van der Waals surface area contributed by atoms with Crippen LogP contribution in [0.3, 0.4) is 0 Å². The van der Waals surface area contributed by atoms with Crippen LogP contribution in [0.1, 0.15) is 0 Å². The second kappa shape index (κ2) is 7.63. The van der Waals surface area contributed by atoms with Crippen molar-refractivity contribution in [3.05, 3.63) is 40.6 Å². The summed E-state index contributed by atoms with van der Waals surface area (Å²) in [6.07, 6.45) is -5.75. The van der Waals surface area contributed by atoms with Crippen molar-refractivity contribution in [2.24, 2.45) is 0 Å². The van der Waals surface area contributed by atoms with E-state index in [4.69, 9.17) is 13.9 Å². The van der Waals surface area contributed by atoms with Gasteiger partial charge < -0.3 is 49.6 Å². The SMILES string of the molecule is O=c1cc(-c2cc(O)c(O)c(O)c2)oc2cc(O[C@@H]3OC[C@@H](O)[C@H](O)[C@H]3O)cc(O)c12. The molecule has 1 aromatic heterocycles. The summed E-state index contributed by atoms with van der Waals surface area (Å²) >= 11 is 0. The average Bonchev–Trinajstić information content (AvgIpc) is 2.71. The highest BCUT2D eigenvalue weighted by atomic mass is 16.7. The second-order valence-corrected chi connectivity index (χ2v) is 7.02. The lowest BCUT2D eigenvalue weighted by molar-refractivity contribution is -0.242. The van der Waals surface area contributed by atoms with Gasteiger partial charge in [0.25, 0.3) is 0 Å². The first kappa shape index (κ1) is 20.8. The maximum absolute atomic E-state index is 12.5. The second-order valence-electron chi connectivity index (χ2n) is 7.02. The number of hydrogen-bond acceptors (Lipinski definition) is 11. The molecule has 0 unspecified atom stereocenters. The van der Waals surface area contributed by atoms with Crippen molar-refractivity contribution in [3.8, 4) is 40.1 Å². The lowest BCUT2D eigenvalue weighted by Gasteiger charge is -2.34. The van der Waals surface area contributed by atoms with E-state index in [0.29, 0.717) is 0 Å². The molecule has 7 N–H and O–H groups in total. The molecule has 11 heteroatoms. The fourth-order valence-electron chi connectivity index (χ4n) is 3.22. The minimum atomic E-state index is -1.58. The molecular formula is C20H18O11. The summed E-state index contributed by atoms with van der Waals surface area (Å²) < 4.78 is 16.2. The van der Waals surface area contributed by atoms with E-state index in [1.54, 1.807) is 0 Å². The molecule has 4 atom stereocenters. The zero-order valence-electron chi connectivity index (χ0n) is 15.7. The number of aliphatic hydroxyl groups excluding tert-OH is 3. The van der Waals surface area contributed by atoms with E-state index < -0.39 is 53.0 Å². The molecule has 0 spiro atoms. The molecule has 0 aliphatic carbocycles. The van der Waals surface area contributed by atoms with E-state index >= 15 is 0 Å². The van der Waals surface area contributed by atoms with E-state index in [2.05, 4.69) is 0 Å². The Kier molecular flexibility index (Phi) is 5.11. The van der Waals surface area contributed by atoms with Gasteiger partial charge in [-0.2, -0.15) is 0 Å². The normalized spacial score (nSPS) is 23.7. The van der Waals surface area contributed by atoms with Gasteiger partial charge in [-0.1, -0.05) is 0 Å². The van der Waals surface area contributed by atoms with Crippen LogP contribution in [-0.4, -0.2) is 67.0 Å². The summed E-state index contributed by atoms with van der Waals surface area (Å²) in [7, 11) is 0. The Balaban J connectivity index is 1.75. The number of hydrogen-bond donors (Lipinski definition) is 7. The van der Waals surface area contributed by atoms with Gasteiger partial charge in [-0.3, -0.25) is 4.79 Å². The monoisotopic (exact) mass is 434 g/mol. The predicted molar refractivity (Wildman–Crippen MR) is 103 cm³/mol. The van der Waals surface area contributed by atoms with Gasteiger partial charge in [0.05, 0.1) is 6.61 Å². The molecule has 31 heavy (non-hydrogen) atoms. The summed E-state index contributed by atoms with van der Waals surface area (Å²) in [6.45, 7) is -0.296. The van der Waals surface area contributed by atoms with Crippen molar-refractivity contribution < 1.29 is 49.6 Å². The largest absolute Gasteiger partial charge is 0.507 e. The Morgan fingerprint density at radius 3 is 2.23 bits per heavy atom. The summed E-state index contributed by atoms with van der Waals surface area (Å²) in [5, 5.41) is 68.2. The van der Waals surface area contributed by atoms with Crippen molar-refractivity contribution in [1.82, 2.24) is 0 Å². The number of aliphatic hydroxyl groups is 3. The molecule has 1 saturated heterocycles. The first-order valence-electron chi connectivity index (χ1n) is 9.04. The number of fused-ring (bicyclic) bond motifs is 1. The molecule has 1 aliphatic rings. The first-order valence-corrected chi connectivity index (χ1v) is 9.04. The highest BCUT2D eigenvalue weighted by Gasteiger charge is 2.39. The molecule has 0 amide bonds. The smallest absolute Gasteiger partial charge is 0.228 e. The van der Waals surface area contributed by atoms with Gasteiger partial charge in [0.1, 0.15) is 46.5 Å². The fourth-order valence-corrected chi connectivity index (χ4v) is 3.22. The van der Waals surface area contributed by atoms with Crippen molar-refractivity contribution >= 4 is 11.0 Å². The third-order valence-electron chi connectivity index (χ3n) is 4.84.